The number of ether oxygens (including phenoxy) is 2. The molecule has 1 rings (SSSR count). The Hall–Kier alpha value is -1.97. The lowest BCUT2D eigenvalue weighted by molar-refractivity contribution is -0.137. The number of phenols is 1. The van der Waals surface area contributed by atoms with Crippen LogP contribution in [0.15, 0.2) is 36.6 Å². The molecule has 0 amide bonds. The molecule has 16 heavy (non-hydrogen) atoms. The van der Waals surface area contributed by atoms with E-state index in [4.69, 9.17) is 9.47 Å². The van der Waals surface area contributed by atoms with Crippen LogP contribution >= 0.6 is 0 Å². The maximum atomic E-state index is 11.0. The minimum Gasteiger partial charge on any atom is -0.504 e. The highest BCUT2D eigenvalue weighted by molar-refractivity contribution is 5.81. The highest BCUT2D eigenvalue weighted by Gasteiger charge is 1.99. The van der Waals surface area contributed by atoms with Crippen LogP contribution < -0.4 is 4.74 Å². The average Bonchev–Trinajstić information content (AvgIpc) is 2.29. The van der Waals surface area contributed by atoms with E-state index in [1.165, 1.54) is 18.4 Å². The molecular weight excluding hydrogens is 208 g/mol. The number of hydrogen-bond acceptors (Lipinski definition) is 4. The molecule has 0 saturated heterocycles. The van der Waals surface area contributed by atoms with E-state index in [0.717, 1.165) is 6.42 Å². The van der Waals surface area contributed by atoms with Gasteiger partial charge in [-0.2, -0.15) is 0 Å². The van der Waals surface area contributed by atoms with Crippen molar-refractivity contribution in [1.29, 1.82) is 0 Å². The Morgan fingerprint density at radius 1 is 1.44 bits per heavy atom. The van der Waals surface area contributed by atoms with Crippen LogP contribution in [0.5, 0.6) is 11.5 Å². The topological polar surface area (TPSA) is 55.8 Å². The third-order valence-electron chi connectivity index (χ3n) is 1.71. The molecule has 0 spiro atoms. The second-order valence-corrected chi connectivity index (χ2v) is 3.06. The smallest absolute Gasteiger partial charge is 0.333 e. The minimum absolute atomic E-state index is 0.0223. The van der Waals surface area contributed by atoms with Crippen molar-refractivity contribution < 1.29 is 19.4 Å². The molecule has 0 aliphatic heterocycles. The molecule has 0 unspecified atom stereocenters. The molecule has 4 heteroatoms. The molecule has 1 N–H and O–H groups in total. The predicted molar refractivity (Wildman–Crippen MR) is 59.1 cm³/mol. The van der Waals surface area contributed by atoms with Gasteiger partial charge in [0.1, 0.15) is 0 Å². The molecule has 0 heterocycles. The summed E-state index contributed by atoms with van der Waals surface area (Å²) in [6, 6.07) is 6.50. The molecule has 0 radical (unpaired) electrons. The summed E-state index contributed by atoms with van der Waals surface area (Å²) >= 11 is 0. The molecule has 0 aliphatic carbocycles. The van der Waals surface area contributed by atoms with E-state index in [1.54, 1.807) is 18.2 Å². The lowest BCUT2D eigenvalue weighted by Gasteiger charge is -2.02. The lowest BCUT2D eigenvalue weighted by Crippen LogP contribution is -2.01. The number of carbonyl (C=O) groups is 1. The van der Waals surface area contributed by atoms with Gasteiger partial charge in [-0.05, 0) is 18.6 Å². The van der Waals surface area contributed by atoms with Gasteiger partial charge in [0, 0.05) is 0 Å². The van der Waals surface area contributed by atoms with E-state index in [-0.39, 0.29) is 5.75 Å². The van der Waals surface area contributed by atoms with Crippen LogP contribution in [0, 0.1) is 0 Å². The van der Waals surface area contributed by atoms with Gasteiger partial charge >= 0.3 is 5.97 Å². The average molecular weight is 222 g/mol. The quantitative estimate of drug-likeness (QED) is 0.471. The Kier molecular flexibility index (Phi) is 4.92. The third kappa shape index (κ3) is 4.04. The van der Waals surface area contributed by atoms with E-state index in [9.17, 15) is 9.90 Å². The van der Waals surface area contributed by atoms with Gasteiger partial charge in [0.2, 0.25) is 0 Å². The van der Waals surface area contributed by atoms with Crippen molar-refractivity contribution in [2.24, 2.45) is 0 Å². The van der Waals surface area contributed by atoms with Crippen molar-refractivity contribution in [3.63, 3.8) is 0 Å². The number of rotatable bonds is 5. The van der Waals surface area contributed by atoms with Gasteiger partial charge in [0.05, 0.1) is 18.9 Å². The SMILES string of the molecule is CCCOC(=O)C=COc1ccccc1O. The van der Waals surface area contributed by atoms with Crippen LogP contribution in [-0.2, 0) is 9.53 Å². The molecule has 86 valence electrons. The first-order chi connectivity index (χ1) is 7.74. The Morgan fingerprint density at radius 3 is 2.88 bits per heavy atom. The fourth-order valence-electron chi connectivity index (χ4n) is 0.970. The lowest BCUT2D eigenvalue weighted by atomic mass is 10.3. The van der Waals surface area contributed by atoms with Gasteiger partial charge in [-0.1, -0.05) is 19.1 Å². The minimum atomic E-state index is -0.461. The molecule has 0 aliphatic rings. The van der Waals surface area contributed by atoms with Crippen molar-refractivity contribution >= 4 is 5.97 Å². The fraction of sp³-hybridized carbons (Fsp3) is 0.250. The Bertz CT molecular complexity index is 371. The normalized spacial score (nSPS) is 10.3. The van der Waals surface area contributed by atoms with Crippen molar-refractivity contribution in [2.45, 2.75) is 13.3 Å². The molecule has 0 bridgehead atoms. The van der Waals surface area contributed by atoms with Crippen LogP contribution in [0.25, 0.3) is 0 Å². The van der Waals surface area contributed by atoms with Crippen molar-refractivity contribution in [3.05, 3.63) is 36.6 Å². The maximum Gasteiger partial charge on any atom is 0.333 e. The molecule has 4 nitrogen and oxygen atoms in total. The number of hydrogen-bond donors (Lipinski definition) is 1. The number of aromatic hydroxyl groups is 1. The first-order valence-electron chi connectivity index (χ1n) is 5.02. The van der Waals surface area contributed by atoms with E-state index >= 15 is 0 Å². The molecule has 1 aromatic carbocycles. The summed E-state index contributed by atoms with van der Waals surface area (Å²) in [6.07, 6.45) is 3.13. The second-order valence-electron chi connectivity index (χ2n) is 3.06. The summed E-state index contributed by atoms with van der Waals surface area (Å²) in [7, 11) is 0. The van der Waals surface area contributed by atoms with Crippen LogP contribution in [0.4, 0.5) is 0 Å². The molecule has 1 aromatic rings. The standard InChI is InChI=1S/C12H14O4/c1-2-8-16-12(14)7-9-15-11-6-4-3-5-10(11)13/h3-7,9,13H,2,8H2,1H3. The molecule has 0 fully saturated rings. The predicted octanol–water partition coefficient (Wildman–Crippen LogP) is 2.24. The van der Waals surface area contributed by atoms with E-state index in [0.29, 0.717) is 12.4 Å². The van der Waals surface area contributed by atoms with Crippen molar-refractivity contribution in [2.75, 3.05) is 6.61 Å². The van der Waals surface area contributed by atoms with Crippen molar-refractivity contribution in [3.8, 4) is 11.5 Å². The molecular formula is C12H14O4. The van der Waals surface area contributed by atoms with E-state index in [1.807, 2.05) is 6.92 Å². The summed E-state index contributed by atoms with van der Waals surface area (Å²) in [5, 5.41) is 9.34. The zero-order valence-corrected chi connectivity index (χ0v) is 9.05. The van der Waals surface area contributed by atoms with Gasteiger partial charge in [-0.15, -0.1) is 0 Å². The van der Waals surface area contributed by atoms with Crippen molar-refractivity contribution in [1.82, 2.24) is 0 Å². The summed E-state index contributed by atoms with van der Waals surface area (Å²) in [4.78, 5) is 11.0. The number of carbonyl (C=O) groups excluding carboxylic acids is 1. The highest BCUT2D eigenvalue weighted by atomic mass is 16.5. The van der Waals surface area contributed by atoms with Gasteiger partial charge in [-0.25, -0.2) is 4.79 Å². The van der Waals surface area contributed by atoms with Crippen LogP contribution in [0.2, 0.25) is 0 Å². The molecule has 0 aromatic heterocycles. The van der Waals surface area contributed by atoms with Gasteiger partial charge < -0.3 is 14.6 Å². The van der Waals surface area contributed by atoms with Crippen LogP contribution in [0.3, 0.4) is 0 Å². The number of esters is 1. The van der Waals surface area contributed by atoms with Gasteiger partial charge in [0.25, 0.3) is 0 Å². The summed E-state index contributed by atoms with van der Waals surface area (Å²) in [5.41, 5.74) is 0. The zero-order chi connectivity index (χ0) is 11.8. The zero-order valence-electron chi connectivity index (χ0n) is 9.05. The Balaban J connectivity index is 2.42. The van der Waals surface area contributed by atoms with Crippen LogP contribution in [0.1, 0.15) is 13.3 Å². The highest BCUT2D eigenvalue weighted by Crippen LogP contribution is 2.24. The molecule has 0 saturated carbocycles. The number of benzene rings is 1. The number of phenolic OH excluding ortho intramolecular Hbond substituents is 1. The first kappa shape index (κ1) is 12.1. The Morgan fingerprint density at radius 2 is 2.19 bits per heavy atom. The summed E-state index contributed by atoms with van der Waals surface area (Å²) in [6.45, 7) is 2.30. The maximum absolute atomic E-state index is 11.0. The fourth-order valence-corrected chi connectivity index (χ4v) is 0.970. The monoisotopic (exact) mass is 222 g/mol. The summed E-state index contributed by atoms with van der Waals surface area (Å²) < 4.78 is 9.85. The first-order valence-corrected chi connectivity index (χ1v) is 5.02. The Labute approximate surface area is 94.1 Å². The number of para-hydroxylation sites is 2. The van der Waals surface area contributed by atoms with Crippen LogP contribution in [-0.4, -0.2) is 17.7 Å². The van der Waals surface area contributed by atoms with Gasteiger partial charge in [-0.3, -0.25) is 0 Å². The van der Waals surface area contributed by atoms with E-state index < -0.39 is 5.97 Å². The summed E-state index contributed by atoms with van der Waals surface area (Å²) in [5.74, 6) is -0.145. The van der Waals surface area contributed by atoms with E-state index in [2.05, 4.69) is 0 Å². The molecule has 0 atom stereocenters. The third-order valence-corrected chi connectivity index (χ3v) is 1.71. The van der Waals surface area contributed by atoms with Gasteiger partial charge in [0.15, 0.2) is 11.5 Å². The second kappa shape index (κ2) is 6.50. The largest absolute Gasteiger partial charge is 0.504 e.